The highest BCUT2D eigenvalue weighted by atomic mass is 32.1. The zero-order valence-corrected chi connectivity index (χ0v) is 16.3. The van der Waals surface area contributed by atoms with Crippen LogP contribution in [0.2, 0.25) is 0 Å². The first-order chi connectivity index (χ1) is 13.7. The Labute approximate surface area is 168 Å². The van der Waals surface area contributed by atoms with Crippen molar-refractivity contribution < 1.29 is 23.8 Å². The minimum Gasteiger partial charge on any atom is -0.490 e. The number of aromatic nitrogens is 1. The number of hydrogen-bond donors (Lipinski definition) is 1. The summed E-state index contributed by atoms with van der Waals surface area (Å²) in [6.45, 7) is 0.752. The Morgan fingerprint density at radius 3 is 2.82 bits per heavy atom. The number of nitrogens with zero attached hydrogens (tertiary/aromatic N) is 1. The fraction of sp³-hybridized carbons (Fsp3) is 0.211. The average Bonchev–Trinajstić information content (AvgIpc) is 3.34. The standard InChI is InChI=1S/C19H16N2O5S2/c22-17(20-12-4-5-14-15(9-12)25-7-2-6-24-14)10-26-19(23)13-11-28-18(21-13)16-3-1-8-27-16/h1,3-5,8-9,11H,2,6-7,10H2,(H,20,22). The Hall–Kier alpha value is -2.91. The lowest BCUT2D eigenvalue weighted by Crippen LogP contribution is -2.21. The lowest BCUT2D eigenvalue weighted by molar-refractivity contribution is -0.119. The second-order valence-electron chi connectivity index (χ2n) is 5.85. The van der Waals surface area contributed by atoms with Gasteiger partial charge in [-0.15, -0.1) is 22.7 Å². The molecule has 0 aliphatic carbocycles. The number of nitrogens with one attached hydrogen (secondary N) is 1. The van der Waals surface area contributed by atoms with Gasteiger partial charge in [-0.3, -0.25) is 4.79 Å². The monoisotopic (exact) mass is 416 g/mol. The van der Waals surface area contributed by atoms with E-state index in [4.69, 9.17) is 14.2 Å². The summed E-state index contributed by atoms with van der Waals surface area (Å²) in [5, 5.41) is 6.99. The first-order valence-corrected chi connectivity index (χ1v) is 10.3. The van der Waals surface area contributed by atoms with E-state index in [0.717, 1.165) is 16.3 Å². The smallest absolute Gasteiger partial charge is 0.358 e. The molecule has 1 aliphatic rings. The van der Waals surface area contributed by atoms with Crippen LogP contribution in [0.4, 0.5) is 5.69 Å². The average molecular weight is 416 g/mol. The first-order valence-electron chi connectivity index (χ1n) is 8.55. The molecule has 1 amide bonds. The van der Waals surface area contributed by atoms with Crippen LogP contribution in [0.1, 0.15) is 16.9 Å². The van der Waals surface area contributed by atoms with E-state index in [1.807, 2.05) is 17.5 Å². The fourth-order valence-electron chi connectivity index (χ4n) is 2.52. The Kier molecular flexibility index (Phi) is 5.54. The lowest BCUT2D eigenvalue weighted by atomic mass is 10.2. The van der Waals surface area contributed by atoms with E-state index in [1.165, 1.54) is 11.3 Å². The molecule has 3 heterocycles. The van der Waals surface area contributed by atoms with Gasteiger partial charge in [0.15, 0.2) is 23.8 Å². The predicted molar refractivity (Wildman–Crippen MR) is 106 cm³/mol. The van der Waals surface area contributed by atoms with E-state index in [-0.39, 0.29) is 5.69 Å². The molecule has 0 saturated heterocycles. The van der Waals surface area contributed by atoms with Crippen molar-refractivity contribution in [2.24, 2.45) is 0 Å². The minimum atomic E-state index is -0.632. The van der Waals surface area contributed by atoms with E-state index in [0.29, 0.717) is 30.4 Å². The van der Waals surface area contributed by atoms with E-state index < -0.39 is 18.5 Å². The van der Waals surface area contributed by atoms with Gasteiger partial charge in [0.2, 0.25) is 0 Å². The number of ether oxygens (including phenoxy) is 3. The highest BCUT2D eigenvalue weighted by Crippen LogP contribution is 2.32. The molecule has 7 nitrogen and oxygen atoms in total. The predicted octanol–water partition coefficient (Wildman–Crippen LogP) is 3.83. The van der Waals surface area contributed by atoms with Crippen molar-refractivity contribution in [2.45, 2.75) is 6.42 Å². The SMILES string of the molecule is O=C(COC(=O)c1csc(-c2cccs2)n1)Nc1ccc2c(c1)OCCCO2. The highest BCUT2D eigenvalue weighted by molar-refractivity contribution is 7.20. The Morgan fingerprint density at radius 2 is 2.00 bits per heavy atom. The lowest BCUT2D eigenvalue weighted by Gasteiger charge is -2.10. The molecule has 9 heteroatoms. The van der Waals surface area contributed by atoms with Crippen LogP contribution >= 0.6 is 22.7 Å². The third-order valence-electron chi connectivity index (χ3n) is 3.81. The van der Waals surface area contributed by atoms with Gasteiger partial charge in [-0.1, -0.05) is 6.07 Å². The second kappa shape index (κ2) is 8.41. The zero-order valence-electron chi connectivity index (χ0n) is 14.7. The number of carbonyl (C=O) groups is 2. The summed E-state index contributed by atoms with van der Waals surface area (Å²) >= 11 is 2.90. The Morgan fingerprint density at radius 1 is 1.14 bits per heavy atom. The summed E-state index contributed by atoms with van der Waals surface area (Å²) in [5.41, 5.74) is 0.732. The third kappa shape index (κ3) is 4.32. The molecule has 1 N–H and O–H groups in total. The third-order valence-corrected chi connectivity index (χ3v) is 5.69. The number of thiazole rings is 1. The molecule has 1 aromatic carbocycles. The van der Waals surface area contributed by atoms with Crippen LogP contribution < -0.4 is 14.8 Å². The van der Waals surface area contributed by atoms with Crippen LogP contribution in [0, 0.1) is 0 Å². The van der Waals surface area contributed by atoms with Gasteiger partial charge in [0.1, 0.15) is 5.01 Å². The number of amides is 1. The molecule has 2 aromatic heterocycles. The number of benzene rings is 1. The fourth-order valence-corrected chi connectivity index (χ4v) is 4.13. The number of fused-ring (bicyclic) bond motifs is 1. The van der Waals surface area contributed by atoms with Crippen molar-refractivity contribution >= 4 is 40.2 Å². The first kappa shape index (κ1) is 18.5. The number of carbonyl (C=O) groups excluding carboxylic acids is 2. The largest absolute Gasteiger partial charge is 0.490 e. The molecular weight excluding hydrogens is 400 g/mol. The summed E-state index contributed by atoms with van der Waals surface area (Å²) in [5.74, 6) is 0.146. The maximum Gasteiger partial charge on any atom is 0.358 e. The van der Waals surface area contributed by atoms with Crippen molar-refractivity contribution in [3.8, 4) is 21.4 Å². The minimum absolute atomic E-state index is 0.191. The van der Waals surface area contributed by atoms with Crippen LogP contribution in [-0.2, 0) is 9.53 Å². The van der Waals surface area contributed by atoms with E-state index in [1.54, 1.807) is 34.9 Å². The molecule has 0 bridgehead atoms. The number of anilines is 1. The highest BCUT2D eigenvalue weighted by Gasteiger charge is 2.16. The molecule has 28 heavy (non-hydrogen) atoms. The molecular formula is C19H16N2O5S2. The van der Waals surface area contributed by atoms with Crippen molar-refractivity contribution in [3.05, 3.63) is 46.8 Å². The van der Waals surface area contributed by atoms with Crippen molar-refractivity contribution in [1.29, 1.82) is 0 Å². The quantitative estimate of drug-likeness (QED) is 0.636. The van der Waals surface area contributed by atoms with Gasteiger partial charge in [0.05, 0.1) is 18.1 Å². The molecule has 4 rings (SSSR count). The Bertz CT molecular complexity index is 984. The van der Waals surface area contributed by atoms with Gasteiger partial charge < -0.3 is 19.5 Å². The van der Waals surface area contributed by atoms with Gasteiger partial charge in [0, 0.05) is 23.6 Å². The summed E-state index contributed by atoms with van der Waals surface area (Å²) in [4.78, 5) is 29.5. The summed E-state index contributed by atoms with van der Waals surface area (Å²) in [6.07, 6.45) is 0.803. The molecule has 144 valence electrons. The molecule has 0 fully saturated rings. The molecule has 0 unspecified atom stereocenters. The molecule has 3 aromatic rings. The van der Waals surface area contributed by atoms with Gasteiger partial charge >= 0.3 is 5.97 Å². The zero-order chi connectivity index (χ0) is 19.3. The number of thiophene rings is 1. The van der Waals surface area contributed by atoms with Crippen molar-refractivity contribution in [2.75, 3.05) is 25.1 Å². The molecule has 1 aliphatic heterocycles. The van der Waals surface area contributed by atoms with E-state index in [9.17, 15) is 9.59 Å². The topological polar surface area (TPSA) is 86.8 Å². The number of rotatable bonds is 5. The van der Waals surface area contributed by atoms with Gasteiger partial charge in [-0.25, -0.2) is 9.78 Å². The van der Waals surface area contributed by atoms with Crippen LogP contribution in [0.5, 0.6) is 11.5 Å². The number of hydrogen-bond acceptors (Lipinski definition) is 8. The molecule has 0 saturated carbocycles. The second-order valence-corrected chi connectivity index (χ2v) is 7.66. The molecule has 0 spiro atoms. The summed E-state index contributed by atoms with van der Waals surface area (Å²) in [6, 6.07) is 8.99. The van der Waals surface area contributed by atoms with Crippen LogP contribution in [0.3, 0.4) is 0 Å². The van der Waals surface area contributed by atoms with Gasteiger partial charge in [-0.05, 0) is 23.6 Å². The maximum atomic E-state index is 12.1. The van der Waals surface area contributed by atoms with Crippen LogP contribution in [0.15, 0.2) is 41.1 Å². The van der Waals surface area contributed by atoms with Crippen LogP contribution in [0.25, 0.3) is 9.88 Å². The van der Waals surface area contributed by atoms with Crippen LogP contribution in [-0.4, -0.2) is 36.7 Å². The van der Waals surface area contributed by atoms with E-state index in [2.05, 4.69) is 10.3 Å². The number of esters is 1. The molecule has 0 radical (unpaired) electrons. The van der Waals surface area contributed by atoms with E-state index >= 15 is 0 Å². The summed E-state index contributed by atoms with van der Waals surface area (Å²) < 4.78 is 16.2. The van der Waals surface area contributed by atoms with Gasteiger partial charge in [-0.2, -0.15) is 0 Å². The van der Waals surface area contributed by atoms with Crippen molar-refractivity contribution in [1.82, 2.24) is 4.98 Å². The normalized spacial score (nSPS) is 12.9. The van der Waals surface area contributed by atoms with Crippen molar-refractivity contribution in [3.63, 3.8) is 0 Å². The molecule has 0 atom stereocenters. The maximum absolute atomic E-state index is 12.1. The Balaban J connectivity index is 1.32. The van der Waals surface area contributed by atoms with Gasteiger partial charge in [0.25, 0.3) is 5.91 Å². The summed E-state index contributed by atoms with van der Waals surface area (Å²) in [7, 11) is 0.